The van der Waals surface area contributed by atoms with Crippen LogP contribution in [0.15, 0.2) is 45.8 Å². The predicted octanol–water partition coefficient (Wildman–Crippen LogP) is 4.59. The number of hydrogen-bond donors (Lipinski definition) is 1. The molecule has 0 fully saturated rings. The molecule has 156 valence electrons. The van der Waals surface area contributed by atoms with Gasteiger partial charge in [-0.05, 0) is 56.7 Å². The summed E-state index contributed by atoms with van der Waals surface area (Å²) in [5, 5.41) is 4.77. The highest BCUT2D eigenvalue weighted by atomic mass is 19.1. The van der Waals surface area contributed by atoms with Crippen molar-refractivity contribution in [1.82, 2.24) is 19.7 Å². The summed E-state index contributed by atoms with van der Waals surface area (Å²) in [5.41, 5.74) is 5.22. The number of nitrogens with one attached hydrogen (secondary N) is 1. The Labute approximate surface area is 176 Å². The first-order valence-electron chi connectivity index (χ1n) is 9.70. The van der Waals surface area contributed by atoms with Crippen molar-refractivity contribution in [3.8, 4) is 22.6 Å². The maximum Gasteiger partial charge on any atom is 0.331 e. The van der Waals surface area contributed by atoms with Crippen molar-refractivity contribution in [2.75, 3.05) is 7.11 Å². The molecule has 0 aliphatic rings. The minimum atomic E-state index is -0.355. The molecule has 0 spiro atoms. The molecular weight excluding hydrogens is 399 g/mol. The summed E-state index contributed by atoms with van der Waals surface area (Å²) in [4.78, 5) is 20.2. The van der Waals surface area contributed by atoms with Crippen LogP contribution in [0.25, 0.3) is 38.8 Å². The van der Waals surface area contributed by atoms with Gasteiger partial charge in [0.05, 0.1) is 46.8 Å². The number of aromatic nitrogens is 4. The van der Waals surface area contributed by atoms with Crippen LogP contribution in [0.5, 0.6) is 5.75 Å². The SMILES string of the molecule is COc1cc2c(cc1-c1c(C)noc1C)ncc1[nH]c(=O)n(-c3ccc(F)cc3C)c12. The van der Waals surface area contributed by atoms with Gasteiger partial charge in [-0.2, -0.15) is 0 Å². The average molecular weight is 418 g/mol. The molecule has 5 rings (SSSR count). The Kier molecular flexibility index (Phi) is 4.18. The molecule has 0 saturated heterocycles. The summed E-state index contributed by atoms with van der Waals surface area (Å²) in [7, 11) is 1.59. The number of halogens is 1. The van der Waals surface area contributed by atoms with E-state index in [4.69, 9.17) is 9.26 Å². The lowest BCUT2D eigenvalue weighted by atomic mass is 10.0. The first-order valence-corrected chi connectivity index (χ1v) is 9.70. The topological polar surface area (TPSA) is 85.9 Å². The van der Waals surface area contributed by atoms with Crippen LogP contribution >= 0.6 is 0 Å². The molecule has 8 heteroatoms. The van der Waals surface area contributed by atoms with E-state index in [9.17, 15) is 9.18 Å². The number of hydrogen-bond acceptors (Lipinski definition) is 5. The summed E-state index contributed by atoms with van der Waals surface area (Å²) >= 11 is 0. The number of benzene rings is 2. The summed E-state index contributed by atoms with van der Waals surface area (Å²) in [6.45, 7) is 5.48. The van der Waals surface area contributed by atoms with Crippen molar-refractivity contribution in [2.24, 2.45) is 0 Å². The standard InChI is InChI=1S/C23H19FN4O3/c1-11-7-14(24)5-6-19(11)28-22-15-9-20(30-4)16(21-12(2)27-31-13(21)3)8-17(15)25-10-18(22)26-23(28)29/h5-10H,1-4H3,(H,26,29). The number of fused-ring (bicyclic) bond motifs is 3. The summed E-state index contributed by atoms with van der Waals surface area (Å²) in [6.07, 6.45) is 1.62. The number of aromatic amines is 1. The number of nitrogens with zero attached hydrogens (tertiary/aromatic N) is 3. The molecule has 31 heavy (non-hydrogen) atoms. The summed E-state index contributed by atoms with van der Waals surface area (Å²) in [5.74, 6) is 0.926. The lowest BCUT2D eigenvalue weighted by Crippen LogP contribution is -2.15. The smallest absolute Gasteiger partial charge is 0.331 e. The van der Waals surface area contributed by atoms with Crippen LogP contribution in [-0.2, 0) is 0 Å². The zero-order valence-electron chi connectivity index (χ0n) is 17.4. The molecule has 0 aliphatic heterocycles. The number of aryl methyl sites for hydroxylation is 3. The highest BCUT2D eigenvalue weighted by Gasteiger charge is 2.20. The summed E-state index contributed by atoms with van der Waals surface area (Å²) in [6, 6.07) is 8.10. The van der Waals surface area contributed by atoms with Gasteiger partial charge < -0.3 is 14.2 Å². The maximum absolute atomic E-state index is 13.7. The quantitative estimate of drug-likeness (QED) is 0.463. The second-order valence-corrected chi connectivity index (χ2v) is 7.49. The third-order valence-corrected chi connectivity index (χ3v) is 5.53. The van der Waals surface area contributed by atoms with Gasteiger partial charge in [-0.25, -0.2) is 9.18 Å². The number of imidazole rings is 1. The largest absolute Gasteiger partial charge is 0.496 e. The van der Waals surface area contributed by atoms with Crippen LogP contribution in [0, 0.1) is 26.6 Å². The zero-order valence-corrected chi connectivity index (χ0v) is 17.4. The monoisotopic (exact) mass is 418 g/mol. The molecule has 0 aliphatic carbocycles. The average Bonchev–Trinajstić information content (AvgIpc) is 3.25. The van der Waals surface area contributed by atoms with Crippen molar-refractivity contribution in [3.63, 3.8) is 0 Å². The molecule has 0 amide bonds. The van der Waals surface area contributed by atoms with Gasteiger partial charge in [0, 0.05) is 10.9 Å². The van der Waals surface area contributed by atoms with Gasteiger partial charge in [-0.1, -0.05) is 5.16 Å². The molecule has 7 nitrogen and oxygen atoms in total. The van der Waals surface area contributed by atoms with E-state index in [1.165, 1.54) is 12.1 Å². The van der Waals surface area contributed by atoms with Gasteiger partial charge in [-0.3, -0.25) is 9.55 Å². The number of rotatable bonds is 3. The fourth-order valence-corrected chi connectivity index (χ4v) is 4.14. The van der Waals surface area contributed by atoms with Gasteiger partial charge in [-0.15, -0.1) is 0 Å². The first-order chi connectivity index (χ1) is 14.9. The van der Waals surface area contributed by atoms with E-state index in [2.05, 4.69) is 15.1 Å². The molecule has 0 bridgehead atoms. The third-order valence-electron chi connectivity index (χ3n) is 5.53. The molecule has 3 aromatic heterocycles. The van der Waals surface area contributed by atoms with E-state index in [0.29, 0.717) is 39.3 Å². The molecular formula is C23H19FN4O3. The number of ether oxygens (including phenoxy) is 1. The fraction of sp³-hybridized carbons (Fsp3) is 0.174. The van der Waals surface area contributed by atoms with Gasteiger partial charge in [0.1, 0.15) is 17.3 Å². The second kappa shape index (κ2) is 6.80. The van der Waals surface area contributed by atoms with Crippen molar-refractivity contribution >= 4 is 21.9 Å². The molecule has 3 heterocycles. The maximum atomic E-state index is 13.7. The fourth-order valence-electron chi connectivity index (χ4n) is 4.14. The van der Waals surface area contributed by atoms with Gasteiger partial charge in [0.25, 0.3) is 0 Å². The molecule has 0 radical (unpaired) electrons. The number of pyridine rings is 1. The van der Waals surface area contributed by atoms with Crippen LogP contribution in [0.2, 0.25) is 0 Å². The van der Waals surface area contributed by atoms with Gasteiger partial charge in [0.15, 0.2) is 0 Å². The second-order valence-electron chi connectivity index (χ2n) is 7.49. The minimum absolute atomic E-state index is 0.326. The molecule has 0 atom stereocenters. The Morgan fingerprint density at radius 2 is 1.97 bits per heavy atom. The number of methoxy groups -OCH3 is 1. The zero-order chi connectivity index (χ0) is 21.9. The van der Waals surface area contributed by atoms with Crippen LogP contribution in [0.4, 0.5) is 4.39 Å². The molecule has 0 unspecified atom stereocenters. The van der Waals surface area contributed by atoms with Crippen LogP contribution in [0.3, 0.4) is 0 Å². The molecule has 5 aromatic rings. The first kappa shape index (κ1) is 19.0. The van der Waals surface area contributed by atoms with E-state index < -0.39 is 0 Å². The lowest BCUT2D eigenvalue weighted by Gasteiger charge is -2.12. The highest BCUT2D eigenvalue weighted by Crippen LogP contribution is 2.39. The van der Waals surface area contributed by atoms with E-state index in [1.807, 2.05) is 26.0 Å². The highest BCUT2D eigenvalue weighted by molar-refractivity contribution is 6.05. The molecule has 1 N–H and O–H groups in total. The minimum Gasteiger partial charge on any atom is -0.496 e. The van der Waals surface area contributed by atoms with Crippen molar-refractivity contribution in [3.05, 3.63) is 69.8 Å². The van der Waals surface area contributed by atoms with Crippen LogP contribution < -0.4 is 10.4 Å². The Hall–Kier alpha value is -3.94. The Morgan fingerprint density at radius 3 is 2.65 bits per heavy atom. The van der Waals surface area contributed by atoms with Crippen molar-refractivity contribution in [2.45, 2.75) is 20.8 Å². The van der Waals surface area contributed by atoms with Crippen LogP contribution in [0.1, 0.15) is 17.0 Å². The van der Waals surface area contributed by atoms with E-state index >= 15 is 0 Å². The Bertz CT molecular complexity index is 1530. The van der Waals surface area contributed by atoms with Gasteiger partial charge in [0.2, 0.25) is 0 Å². The van der Waals surface area contributed by atoms with Crippen molar-refractivity contribution in [1.29, 1.82) is 0 Å². The predicted molar refractivity (Wildman–Crippen MR) is 115 cm³/mol. The number of H-pyrrole nitrogens is 1. The van der Waals surface area contributed by atoms with Gasteiger partial charge >= 0.3 is 5.69 Å². The van der Waals surface area contributed by atoms with Crippen molar-refractivity contribution < 1.29 is 13.7 Å². The molecule has 0 saturated carbocycles. The van der Waals surface area contributed by atoms with E-state index in [0.717, 1.165) is 22.2 Å². The lowest BCUT2D eigenvalue weighted by molar-refractivity contribution is 0.393. The molecule has 2 aromatic carbocycles. The van der Waals surface area contributed by atoms with Crippen LogP contribution in [-0.4, -0.2) is 26.8 Å². The Balaban J connectivity index is 1.88. The third kappa shape index (κ3) is 2.83. The van der Waals surface area contributed by atoms with E-state index in [1.54, 1.807) is 30.9 Å². The Morgan fingerprint density at radius 1 is 1.16 bits per heavy atom. The summed E-state index contributed by atoms with van der Waals surface area (Å²) < 4.78 is 26.2. The normalized spacial score (nSPS) is 11.5. The van der Waals surface area contributed by atoms with E-state index in [-0.39, 0.29) is 11.5 Å².